The van der Waals surface area contributed by atoms with Crippen molar-refractivity contribution in [3.8, 4) is 11.8 Å². The van der Waals surface area contributed by atoms with Crippen LogP contribution in [-0.4, -0.2) is 28.8 Å². The highest BCUT2D eigenvalue weighted by Gasteiger charge is 2.14. The van der Waals surface area contributed by atoms with Crippen molar-refractivity contribution in [2.45, 2.75) is 6.92 Å². The summed E-state index contributed by atoms with van der Waals surface area (Å²) in [6.07, 6.45) is 1.11. The maximum Gasteiger partial charge on any atom is 0.348 e. The minimum atomic E-state index is -1.27. The van der Waals surface area contributed by atoms with Gasteiger partial charge in [-0.1, -0.05) is 6.07 Å². The second-order valence-electron chi connectivity index (χ2n) is 3.47. The average Bonchev–Trinajstić information content (AvgIpc) is 2.37. The molecule has 6 nitrogen and oxygen atoms in total. The molecule has 6 heteroatoms. The minimum Gasteiger partial charge on any atom is -0.508 e. The van der Waals surface area contributed by atoms with Crippen molar-refractivity contribution in [1.29, 1.82) is 5.26 Å². The fourth-order valence-electron chi connectivity index (χ4n) is 1.36. The number of nitriles is 1. The molecule has 0 bridgehead atoms. The van der Waals surface area contributed by atoms with E-state index in [1.165, 1.54) is 12.1 Å². The van der Waals surface area contributed by atoms with Gasteiger partial charge in [0.15, 0.2) is 0 Å². The lowest BCUT2D eigenvalue weighted by atomic mass is 10.0. The molecular formula is C13H11NO5. The molecule has 0 spiro atoms. The Kier molecular flexibility index (Phi) is 4.66. The topological polar surface area (TPSA) is 108 Å². The number of carboxylic acids is 1. The summed E-state index contributed by atoms with van der Waals surface area (Å²) in [5, 5.41) is 27.1. The lowest BCUT2D eigenvalue weighted by Crippen LogP contribution is -2.07. The fourth-order valence-corrected chi connectivity index (χ4v) is 1.36. The molecule has 1 rings (SSSR count). The first kappa shape index (κ1) is 14.3. The molecule has 2 N–H and O–H groups in total. The van der Waals surface area contributed by atoms with Crippen LogP contribution in [0.25, 0.3) is 6.08 Å². The van der Waals surface area contributed by atoms with E-state index in [0.717, 1.165) is 12.1 Å². The number of esters is 1. The van der Waals surface area contributed by atoms with Gasteiger partial charge in [0, 0.05) is 0 Å². The molecule has 0 aliphatic heterocycles. The smallest absolute Gasteiger partial charge is 0.348 e. The zero-order valence-electron chi connectivity index (χ0n) is 10.1. The van der Waals surface area contributed by atoms with E-state index in [-0.39, 0.29) is 29.1 Å². The first-order valence-corrected chi connectivity index (χ1v) is 5.34. The van der Waals surface area contributed by atoms with Crippen molar-refractivity contribution >= 4 is 18.0 Å². The molecule has 0 atom stereocenters. The van der Waals surface area contributed by atoms with Gasteiger partial charge in [-0.2, -0.15) is 5.26 Å². The number of aromatic hydroxyl groups is 1. The zero-order chi connectivity index (χ0) is 14.4. The summed E-state index contributed by atoms with van der Waals surface area (Å²) in [5.41, 5.74) is -0.387. The van der Waals surface area contributed by atoms with E-state index >= 15 is 0 Å². The standard InChI is InChI=1S/C13H11NO5/c1-2-19-13(18)9(7-14)5-8-3-4-10(15)6-11(8)12(16)17/h3-6,15H,2H2,1H3,(H,16,17)/b9-5+. The highest BCUT2D eigenvalue weighted by molar-refractivity contribution is 6.00. The van der Waals surface area contributed by atoms with Crippen LogP contribution in [0, 0.1) is 11.3 Å². The van der Waals surface area contributed by atoms with Crippen molar-refractivity contribution in [2.24, 2.45) is 0 Å². The first-order chi connectivity index (χ1) is 8.99. The van der Waals surface area contributed by atoms with E-state index in [9.17, 15) is 14.7 Å². The van der Waals surface area contributed by atoms with Crippen molar-refractivity contribution < 1.29 is 24.5 Å². The number of phenols is 1. The summed E-state index contributed by atoms with van der Waals surface area (Å²) in [6, 6.07) is 5.25. The van der Waals surface area contributed by atoms with Crippen LogP contribution >= 0.6 is 0 Å². The molecule has 0 heterocycles. The van der Waals surface area contributed by atoms with E-state index in [1.54, 1.807) is 13.0 Å². The Balaban J connectivity index is 3.26. The van der Waals surface area contributed by atoms with Gasteiger partial charge in [-0.25, -0.2) is 9.59 Å². The maximum atomic E-state index is 11.4. The molecule has 0 fully saturated rings. The van der Waals surface area contributed by atoms with Crippen LogP contribution in [0.4, 0.5) is 0 Å². The van der Waals surface area contributed by atoms with Gasteiger partial charge in [0.25, 0.3) is 0 Å². The third-order valence-electron chi connectivity index (χ3n) is 2.18. The predicted octanol–water partition coefficient (Wildman–Crippen LogP) is 1.56. The number of benzene rings is 1. The van der Waals surface area contributed by atoms with Crippen molar-refractivity contribution in [1.82, 2.24) is 0 Å². The third-order valence-corrected chi connectivity index (χ3v) is 2.18. The molecule has 1 aromatic carbocycles. The van der Waals surface area contributed by atoms with Gasteiger partial charge in [0.2, 0.25) is 0 Å². The van der Waals surface area contributed by atoms with Crippen molar-refractivity contribution in [3.63, 3.8) is 0 Å². The van der Waals surface area contributed by atoms with E-state index < -0.39 is 11.9 Å². The second-order valence-corrected chi connectivity index (χ2v) is 3.47. The number of ether oxygens (including phenoxy) is 1. The van der Waals surface area contributed by atoms with E-state index in [2.05, 4.69) is 4.74 Å². The van der Waals surface area contributed by atoms with E-state index in [1.807, 2.05) is 0 Å². The van der Waals surface area contributed by atoms with E-state index in [0.29, 0.717) is 0 Å². The summed E-state index contributed by atoms with van der Waals surface area (Å²) in [7, 11) is 0. The Morgan fingerprint density at radius 3 is 2.68 bits per heavy atom. The van der Waals surface area contributed by atoms with E-state index in [4.69, 9.17) is 10.4 Å². The molecule has 0 aliphatic carbocycles. The number of carbonyl (C=O) groups is 2. The van der Waals surface area contributed by atoms with Gasteiger partial charge in [-0.3, -0.25) is 0 Å². The van der Waals surface area contributed by atoms with Gasteiger partial charge in [-0.05, 0) is 30.7 Å². The molecule has 0 amide bonds. The minimum absolute atomic E-state index is 0.110. The molecule has 0 aliphatic rings. The molecular weight excluding hydrogens is 250 g/mol. The van der Waals surface area contributed by atoms with Crippen LogP contribution in [0.1, 0.15) is 22.8 Å². The summed E-state index contributed by atoms with van der Waals surface area (Å²) in [5.74, 6) is -2.32. The van der Waals surface area contributed by atoms with Crippen LogP contribution in [0.2, 0.25) is 0 Å². The quantitative estimate of drug-likeness (QED) is 0.483. The number of carbonyl (C=O) groups excluding carboxylic acids is 1. The van der Waals surface area contributed by atoms with Crippen LogP contribution in [0.5, 0.6) is 5.75 Å². The van der Waals surface area contributed by atoms with Crippen molar-refractivity contribution in [2.75, 3.05) is 6.61 Å². The fraction of sp³-hybridized carbons (Fsp3) is 0.154. The number of hydrogen-bond donors (Lipinski definition) is 2. The highest BCUT2D eigenvalue weighted by atomic mass is 16.5. The molecule has 0 saturated heterocycles. The Morgan fingerprint density at radius 2 is 2.16 bits per heavy atom. The highest BCUT2D eigenvalue weighted by Crippen LogP contribution is 2.19. The summed E-state index contributed by atoms with van der Waals surface area (Å²) in [6.45, 7) is 1.70. The van der Waals surface area contributed by atoms with Gasteiger partial charge in [0.1, 0.15) is 17.4 Å². The van der Waals surface area contributed by atoms with Crippen LogP contribution < -0.4 is 0 Å². The largest absolute Gasteiger partial charge is 0.508 e. The lowest BCUT2D eigenvalue weighted by molar-refractivity contribution is -0.137. The lowest BCUT2D eigenvalue weighted by Gasteiger charge is -2.03. The van der Waals surface area contributed by atoms with Crippen molar-refractivity contribution in [3.05, 3.63) is 34.9 Å². The summed E-state index contributed by atoms with van der Waals surface area (Å²) < 4.78 is 4.66. The monoisotopic (exact) mass is 261 g/mol. The van der Waals surface area contributed by atoms with Crippen LogP contribution in [0.15, 0.2) is 23.8 Å². The van der Waals surface area contributed by atoms with Gasteiger partial charge >= 0.3 is 11.9 Å². The van der Waals surface area contributed by atoms with Gasteiger partial charge in [0.05, 0.1) is 12.2 Å². The second kappa shape index (κ2) is 6.21. The first-order valence-electron chi connectivity index (χ1n) is 5.34. The Labute approximate surface area is 109 Å². The number of nitrogens with zero attached hydrogens (tertiary/aromatic N) is 1. The molecule has 98 valence electrons. The molecule has 0 saturated carbocycles. The SMILES string of the molecule is CCOC(=O)/C(C#N)=C/c1ccc(O)cc1C(=O)O. The zero-order valence-corrected chi connectivity index (χ0v) is 10.1. The third kappa shape index (κ3) is 3.57. The number of phenolic OH excluding ortho intramolecular Hbond substituents is 1. The molecule has 1 aromatic rings. The van der Waals surface area contributed by atoms with Crippen LogP contribution in [0.3, 0.4) is 0 Å². The Morgan fingerprint density at radius 1 is 1.47 bits per heavy atom. The molecule has 0 unspecified atom stereocenters. The number of aromatic carboxylic acids is 1. The molecule has 19 heavy (non-hydrogen) atoms. The molecule has 0 radical (unpaired) electrons. The normalized spacial score (nSPS) is 10.6. The maximum absolute atomic E-state index is 11.4. The number of hydrogen-bond acceptors (Lipinski definition) is 5. The molecule has 0 aromatic heterocycles. The summed E-state index contributed by atoms with van der Waals surface area (Å²) in [4.78, 5) is 22.4. The summed E-state index contributed by atoms with van der Waals surface area (Å²) >= 11 is 0. The average molecular weight is 261 g/mol. The van der Waals surface area contributed by atoms with Gasteiger partial charge in [-0.15, -0.1) is 0 Å². The number of rotatable bonds is 4. The van der Waals surface area contributed by atoms with Gasteiger partial charge < -0.3 is 14.9 Å². The predicted molar refractivity (Wildman–Crippen MR) is 65.3 cm³/mol. The van der Waals surface area contributed by atoms with Crippen LogP contribution in [-0.2, 0) is 9.53 Å². The Hall–Kier alpha value is -2.81. The number of carboxylic acid groups (broad SMARTS) is 1. The Bertz CT molecular complexity index is 583.